The average Bonchev–Trinajstić information content (AvgIpc) is 3.29. The maximum absolute atomic E-state index is 13.0. The van der Waals surface area contributed by atoms with E-state index in [0.29, 0.717) is 4.90 Å². The van der Waals surface area contributed by atoms with Crippen LogP contribution in [0.3, 0.4) is 0 Å². The number of hydrogen-bond donors (Lipinski definition) is 1. The van der Waals surface area contributed by atoms with E-state index in [9.17, 15) is 8.42 Å². The highest BCUT2D eigenvalue weighted by Crippen LogP contribution is 2.31. The molecule has 1 aliphatic heterocycles. The van der Waals surface area contributed by atoms with Gasteiger partial charge in [0.1, 0.15) is 0 Å². The summed E-state index contributed by atoms with van der Waals surface area (Å²) >= 11 is 1.68. The molecule has 2 heterocycles. The number of aryl methyl sites for hydroxylation is 1. The van der Waals surface area contributed by atoms with Gasteiger partial charge in [-0.3, -0.25) is 4.90 Å². The van der Waals surface area contributed by atoms with Gasteiger partial charge < -0.3 is 4.90 Å². The summed E-state index contributed by atoms with van der Waals surface area (Å²) in [7, 11) is -3.59. The maximum atomic E-state index is 13.0. The zero-order valence-corrected chi connectivity index (χ0v) is 19.6. The Balaban J connectivity index is 1.50. The Hall–Kier alpha value is -2.19. The summed E-state index contributed by atoms with van der Waals surface area (Å²) in [5, 5.41) is 2.06. The second-order valence-corrected chi connectivity index (χ2v) is 10.7. The molecule has 31 heavy (non-hydrogen) atoms. The van der Waals surface area contributed by atoms with E-state index in [1.165, 1.54) is 10.6 Å². The van der Waals surface area contributed by atoms with Crippen molar-refractivity contribution in [3.8, 4) is 0 Å². The van der Waals surface area contributed by atoms with Crippen molar-refractivity contribution in [2.24, 2.45) is 0 Å². The minimum absolute atomic E-state index is 0.00172. The number of rotatable bonds is 7. The molecule has 1 N–H and O–H groups in total. The molecule has 1 aliphatic rings. The standard InChI is InChI=1S/C24H29N3O2S2/c1-19-10-12-22(13-11-19)31(28,29)25-20(2)24(23-9-6-18-30-23)27-16-14-26(15-17-27)21-7-4-3-5-8-21/h3-13,18,20,24-25H,14-17H2,1-2H3/t20-,24+/m0/s1. The number of para-hydroxylation sites is 1. The second-order valence-electron chi connectivity index (χ2n) is 8.04. The van der Waals surface area contributed by atoms with Crippen LogP contribution in [-0.4, -0.2) is 45.5 Å². The van der Waals surface area contributed by atoms with Crippen LogP contribution in [0.1, 0.15) is 23.4 Å². The number of hydrogen-bond acceptors (Lipinski definition) is 5. The summed E-state index contributed by atoms with van der Waals surface area (Å²) in [6.45, 7) is 7.53. The molecule has 0 bridgehead atoms. The third-order valence-electron chi connectivity index (χ3n) is 5.81. The molecule has 0 saturated carbocycles. The van der Waals surface area contributed by atoms with E-state index < -0.39 is 10.0 Å². The van der Waals surface area contributed by atoms with Gasteiger partial charge in [-0.05, 0) is 49.6 Å². The third kappa shape index (κ3) is 5.18. The first-order chi connectivity index (χ1) is 14.9. The predicted octanol–water partition coefficient (Wildman–Crippen LogP) is 4.29. The van der Waals surface area contributed by atoms with Crippen LogP contribution in [-0.2, 0) is 10.0 Å². The lowest BCUT2D eigenvalue weighted by Gasteiger charge is -2.42. The van der Waals surface area contributed by atoms with Gasteiger partial charge in [-0.25, -0.2) is 13.1 Å². The molecule has 0 radical (unpaired) electrons. The number of benzene rings is 2. The highest BCUT2D eigenvalue weighted by atomic mass is 32.2. The molecular weight excluding hydrogens is 426 g/mol. The second kappa shape index (κ2) is 9.53. The Kier molecular flexibility index (Phi) is 6.77. The lowest BCUT2D eigenvalue weighted by molar-refractivity contribution is 0.164. The summed E-state index contributed by atoms with van der Waals surface area (Å²) in [5.41, 5.74) is 2.28. The molecule has 1 saturated heterocycles. The molecule has 0 unspecified atom stereocenters. The molecule has 7 heteroatoms. The fourth-order valence-electron chi connectivity index (χ4n) is 4.19. The van der Waals surface area contributed by atoms with E-state index in [1.807, 2.05) is 38.1 Å². The van der Waals surface area contributed by atoms with Gasteiger partial charge in [-0.15, -0.1) is 11.3 Å². The Morgan fingerprint density at radius 2 is 1.58 bits per heavy atom. The van der Waals surface area contributed by atoms with Crippen LogP contribution in [0.5, 0.6) is 0 Å². The van der Waals surface area contributed by atoms with Crippen molar-refractivity contribution in [2.45, 2.75) is 30.8 Å². The largest absolute Gasteiger partial charge is 0.369 e. The third-order valence-corrected chi connectivity index (χ3v) is 8.33. The van der Waals surface area contributed by atoms with Crippen molar-refractivity contribution in [3.63, 3.8) is 0 Å². The molecule has 1 fully saturated rings. The van der Waals surface area contributed by atoms with Crippen molar-refractivity contribution in [1.82, 2.24) is 9.62 Å². The van der Waals surface area contributed by atoms with E-state index >= 15 is 0 Å². The van der Waals surface area contributed by atoms with Crippen LogP contribution < -0.4 is 9.62 Å². The first-order valence-corrected chi connectivity index (χ1v) is 13.0. The van der Waals surface area contributed by atoms with Crippen LogP contribution >= 0.6 is 11.3 Å². The lowest BCUT2D eigenvalue weighted by Crippen LogP contribution is -2.52. The first kappa shape index (κ1) is 22.0. The lowest BCUT2D eigenvalue weighted by atomic mass is 10.1. The van der Waals surface area contributed by atoms with Crippen molar-refractivity contribution >= 4 is 27.0 Å². The van der Waals surface area contributed by atoms with E-state index in [1.54, 1.807) is 23.5 Å². The van der Waals surface area contributed by atoms with E-state index in [-0.39, 0.29) is 12.1 Å². The SMILES string of the molecule is Cc1ccc(S(=O)(=O)N[C@@H](C)[C@H](c2cccs2)N2CCN(c3ccccc3)CC2)cc1. The van der Waals surface area contributed by atoms with Crippen molar-refractivity contribution in [2.75, 3.05) is 31.1 Å². The molecule has 4 rings (SSSR count). The molecular formula is C24H29N3O2S2. The van der Waals surface area contributed by atoms with Crippen LogP contribution in [0.2, 0.25) is 0 Å². The van der Waals surface area contributed by atoms with Gasteiger partial charge in [0.15, 0.2) is 0 Å². The van der Waals surface area contributed by atoms with Gasteiger partial charge in [0.2, 0.25) is 10.0 Å². The average molecular weight is 456 g/mol. The van der Waals surface area contributed by atoms with Crippen LogP contribution in [0.15, 0.2) is 77.0 Å². The number of nitrogens with zero attached hydrogens (tertiary/aromatic N) is 2. The van der Waals surface area contributed by atoms with Gasteiger partial charge in [0.25, 0.3) is 0 Å². The highest BCUT2D eigenvalue weighted by Gasteiger charge is 2.32. The predicted molar refractivity (Wildman–Crippen MR) is 128 cm³/mol. The van der Waals surface area contributed by atoms with Crippen molar-refractivity contribution in [3.05, 3.63) is 82.6 Å². The number of sulfonamides is 1. The molecule has 2 aromatic carbocycles. The van der Waals surface area contributed by atoms with Crippen molar-refractivity contribution in [1.29, 1.82) is 0 Å². The first-order valence-electron chi connectivity index (χ1n) is 10.6. The fourth-order valence-corrected chi connectivity index (χ4v) is 6.41. The summed E-state index contributed by atoms with van der Waals surface area (Å²) in [4.78, 5) is 6.30. The molecule has 0 amide bonds. The maximum Gasteiger partial charge on any atom is 0.240 e. The van der Waals surface area contributed by atoms with Gasteiger partial charge >= 0.3 is 0 Å². The number of piperazine rings is 1. The van der Waals surface area contributed by atoms with Gasteiger partial charge in [-0.1, -0.05) is 42.0 Å². The van der Waals surface area contributed by atoms with Gasteiger partial charge in [0.05, 0.1) is 10.9 Å². The smallest absolute Gasteiger partial charge is 0.240 e. The Labute approximate surface area is 189 Å². The Morgan fingerprint density at radius 3 is 2.19 bits per heavy atom. The minimum atomic E-state index is -3.59. The van der Waals surface area contributed by atoms with Gasteiger partial charge in [0, 0.05) is 42.8 Å². The normalized spacial score (nSPS) is 17.4. The molecule has 0 aliphatic carbocycles. The summed E-state index contributed by atoms with van der Waals surface area (Å²) in [6, 6.07) is 21.3. The quantitative estimate of drug-likeness (QED) is 0.578. The molecule has 5 nitrogen and oxygen atoms in total. The van der Waals surface area contributed by atoms with Crippen LogP contribution in [0.25, 0.3) is 0 Å². The number of anilines is 1. The summed E-state index contributed by atoms with van der Waals surface area (Å²) in [5.74, 6) is 0. The molecule has 0 spiro atoms. The molecule has 1 aromatic heterocycles. The minimum Gasteiger partial charge on any atom is -0.369 e. The Bertz CT molecular complexity index is 1060. The molecule has 164 valence electrons. The van der Waals surface area contributed by atoms with Gasteiger partial charge in [-0.2, -0.15) is 0 Å². The topological polar surface area (TPSA) is 52.7 Å². The molecule has 2 atom stereocenters. The van der Waals surface area contributed by atoms with Crippen LogP contribution in [0, 0.1) is 6.92 Å². The highest BCUT2D eigenvalue weighted by molar-refractivity contribution is 7.89. The monoisotopic (exact) mass is 455 g/mol. The van der Waals surface area contributed by atoms with Crippen molar-refractivity contribution < 1.29 is 8.42 Å². The number of thiophene rings is 1. The Morgan fingerprint density at radius 1 is 0.903 bits per heavy atom. The van der Waals surface area contributed by atoms with E-state index in [4.69, 9.17) is 0 Å². The van der Waals surface area contributed by atoms with E-state index in [0.717, 1.165) is 31.7 Å². The zero-order chi connectivity index (χ0) is 21.8. The number of nitrogens with one attached hydrogen (secondary N) is 1. The summed E-state index contributed by atoms with van der Waals surface area (Å²) in [6.07, 6.45) is 0. The zero-order valence-electron chi connectivity index (χ0n) is 17.9. The van der Waals surface area contributed by atoms with E-state index in [2.05, 4.69) is 50.2 Å². The molecule has 3 aromatic rings. The fraction of sp³-hybridized carbons (Fsp3) is 0.333. The summed E-state index contributed by atoms with van der Waals surface area (Å²) < 4.78 is 29.0. The van der Waals surface area contributed by atoms with Crippen LogP contribution in [0.4, 0.5) is 5.69 Å².